The van der Waals surface area contributed by atoms with Crippen LogP contribution >= 0.6 is 11.8 Å². The topological polar surface area (TPSA) is 64.2 Å². The molecule has 2 aromatic carbocycles. The molecule has 1 fully saturated rings. The largest absolute Gasteiger partial charge is 0.422 e. The first-order chi connectivity index (χ1) is 15.6. The van der Waals surface area contributed by atoms with Crippen molar-refractivity contribution in [1.82, 2.24) is 19.7 Å². The number of aryl methyl sites for hydroxylation is 2. The highest BCUT2D eigenvalue weighted by atomic mass is 32.2. The minimum atomic E-state index is -0.318. The second-order valence-corrected chi connectivity index (χ2v) is 9.26. The normalized spacial score (nSPS) is 14.4. The molecule has 5 rings (SSSR count). The van der Waals surface area contributed by atoms with E-state index in [0.717, 1.165) is 58.4 Å². The molecule has 0 bridgehead atoms. The van der Waals surface area contributed by atoms with Gasteiger partial charge in [0.2, 0.25) is 0 Å². The quantitative estimate of drug-likeness (QED) is 0.311. The number of rotatable bonds is 6. The third kappa shape index (κ3) is 4.10. The van der Waals surface area contributed by atoms with Crippen LogP contribution in [0.2, 0.25) is 0 Å². The maximum Gasteiger partial charge on any atom is 0.336 e. The van der Waals surface area contributed by atoms with E-state index in [0.29, 0.717) is 11.3 Å². The fourth-order valence-electron chi connectivity index (χ4n) is 4.26. The Balaban J connectivity index is 1.49. The summed E-state index contributed by atoms with van der Waals surface area (Å²) in [5, 5.41) is 10.9. The standard InChI is InChI=1S/C25H26N4O2S/c1-17-10-11-21-19(14-23(30)31-24(21)18(17)2)16-32-25-27-26-22(15-28-12-6-7-13-28)29(25)20-8-4-3-5-9-20/h3-5,8-11,14H,6-7,12-13,15-16H2,1-2H3. The van der Waals surface area contributed by atoms with Gasteiger partial charge in [-0.1, -0.05) is 42.1 Å². The molecule has 0 aliphatic carbocycles. The summed E-state index contributed by atoms with van der Waals surface area (Å²) in [7, 11) is 0. The molecule has 0 saturated carbocycles. The third-order valence-corrected chi connectivity index (χ3v) is 7.13. The summed E-state index contributed by atoms with van der Waals surface area (Å²) in [6.07, 6.45) is 2.48. The maximum absolute atomic E-state index is 12.3. The molecule has 0 radical (unpaired) electrons. The Morgan fingerprint density at radius 2 is 1.81 bits per heavy atom. The molecule has 2 aromatic heterocycles. The fraction of sp³-hybridized carbons (Fsp3) is 0.320. The number of likely N-dealkylation sites (tertiary alicyclic amines) is 1. The Morgan fingerprint density at radius 3 is 2.59 bits per heavy atom. The zero-order valence-electron chi connectivity index (χ0n) is 18.4. The molecule has 6 nitrogen and oxygen atoms in total. The van der Waals surface area contributed by atoms with Crippen LogP contribution in [0.5, 0.6) is 0 Å². The highest BCUT2D eigenvalue weighted by Crippen LogP contribution is 2.30. The van der Waals surface area contributed by atoms with Crippen molar-refractivity contribution in [2.24, 2.45) is 0 Å². The Morgan fingerprint density at radius 1 is 1.03 bits per heavy atom. The number of thioether (sulfide) groups is 1. The summed E-state index contributed by atoms with van der Waals surface area (Å²) in [6, 6.07) is 16.0. The van der Waals surface area contributed by atoms with Gasteiger partial charge in [-0.25, -0.2) is 4.79 Å². The lowest BCUT2D eigenvalue weighted by Crippen LogP contribution is -2.21. The van der Waals surface area contributed by atoms with Crippen molar-refractivity contribution in [2.45, 2.75) is 44.1 Å². The van der Waals surface area contributed by atoms with E-state index >= 15 is 0 Å². The average molecular weight is 447 g/mol. The summed E-state index contributed by atoms with van der Waals surface area (Å²) < 4.78 is 7.68. The lowest BCUT2D eigenvalue weighted by molar-refractivity contribution is 0.319. The molecule has 1 saturated heterocycles. The first-order valence-corrected chi connectivity index (χ1v) is 12.0. The second kappa shape index (κ2) is 8.92. The van der Waals surface area contributed by atoms with E-state index in [2.05, 4.69) is 37.9 Å². The number of nitrogens with zero attached hydrogens (tertiary/aromatic N) is 4. The van der Waals surface area contributed by atoms with Crippen molar-refractivity contribution in [3.05, 3.63) is 81.5 Å². The highest BCUT2D eigenvalue weighted by molar-refractivity contribution is 7.98. The lowest BCUT2D eigenvalue weighted by Gasteiger charge is -2.16. The maximum atomic E-state index is 12.3. The number of para-hydroxylation sites is 1. The van der Waals surface area contributed by atoms with Crippen LogP contribution in [0.15, 0.2) is 62.9 Å². The van der Waals surface area contributed by atoms with Crippen molar-refractivity contribution in [3.8, 4) is 5.69 Å². The smallest absolute Gasteiger partial charge is 0.336 e. The first-order valence-electron chi connectivity index (χ1n) is 11.0. The zero-order valence-corrected chi connectivity index (χ0v) is 19.2. The van der Waals surface area contributed by atoms with Crippen molar-refractivity contribution in [2.75, 3.05) is 13.1 Å². The molecule has 164 valence electrons. The molecular formula is C25H26N4O2S. The van der Waals surface area contributed by atoms with Crippen LogP contribution < -0.4 is 5.63 Å². The van der Waals surface area contributed by atoms with E-state index < -0.39 is 0 Å². The van der Waals surface area contributed by atoms with Crippen LogP contribution in [0.3, 0.4) is 0 Å². The van der Waals surface area contributed by atoms with Crippen molar-refractivity contribution in [3.63, 3.8) is 0 Å². The third-order valence-electron chi connectivity index (χ3n) is 6.15. The van der Waals surface area contributed by atoms with E-state index in [1.54, 1.807) is 17.8 Å². The van der Waals surface area contributed by atoms with E-state index in [-0.39, 0.29) is 5.63 Å². The first kappa shape index (κ1) is 21.0. The van der Waals surface area contributed by atoms with Crippen LogP contribution in [0.1, 0.15) is 35.4 Å². The van der Waals surface area contributed by atoms with Gasteiger partial charge in [-0.05, 0) is 68.6 Å². The summed E-state index contributed by atoms with van der Waals surface area (Å²) in [4.78, 5) is 14.7. The summed E-state index contributed by atoms with van der Waals surface area (Å²) in [5.74, 6) is 1.56. The predicted molar refractivity (Wildman–Crippen MR) is 127 cm³/mol. The molecule has 32 heavy (non-hydrogen) atoms. The Kier molecular flexibility index (Phi) is 5.85. The van der Waals surface area contributed by atoms with Gasteiger partial charge in [0.15, 0.2) is 11.0 Å². The van der Waals surface area contributed by atoms with Gasteiger partial charge in [0.05, 0.1) is 6.54 Å². The SMILES string of the molecule is Cc1ccc2c(CSc3nnc(CN4CCCC4)n3-c3ccccc3)cc(=O)oc2c1C. The molecule has 1 aliphatic heterocycles. The van der Waals surface area contributed by atoms with Crippen molar-refractivity contribution in [1.29, 1.82) is 0 Å². The Labute approximate surface area is 191 Å². The molecule has 0 atom stereocenters. The monoisotopic (exact) mass is 446 g/mol. The molecule has 1 aliphatic rings. The highest BCUT2D eigenvalue weighted by Gasteiger charge is 2.20. The van der Waals surface area contributed by atoms with Gasteiger partial charge < -0.3 is 4.42 Å². The van der Waals surface area contributed by atoms with Crippen molar-refractivity contribution >= 4 is 22.7 Å². The van der Waals surface area contributed by atoms with Crippen LogP contribution in [0.4, 0.5) is 0 Å². The van der Waals surface area contributed by atoms with Crippen LogP contribution in [0, 0.1) is 13.8 Å². The van der Waals surface area contributed by atoms with E-state index in [4.69, 9.17) is 4.42 Å². The molecule has 0 N–H and O–H groups in total. The minimum Gasteiger partial charge on any atom is -0.422 e. The van der Waals surface area contributed by atoms with Gasteiger partial charge in [-0.3, -0.25) is 9.47 Å². The number of benzene rings is 2. The molecule has 4 aromatic rings. The van der Waals surface area contributed by atoms with Crippen molar-refractivity contribution < 1.29 is 4.42 Å². The van der Waals surface area contributed by atoms with Gasteiger partial charge in [0.25, 0.3) is 0 Å². The summed E-state index contributed by atoms with van der Waals surface area (Å²) in [5.41, 5.74) is 4.48. The number of fused-ring (bicyclic) bond motifs is 1. The van der Waals surface area contributed by atoms with E-state index in [1.165, 1.54) is 12.8 Å². The van der Waals surface area contributed by atoms with Gasteiger partial charge in [-0.2, -0.15) is 0 Å². The predicted octanol–water partition coefficient (Wildman–Crippen LogP) is 4.88. The second-order valence-electron chi connectivity index (χ2n) is 8.32. The van der Waals surface area contributed by atoms with Gasteiger partial charge in [0.1, 0.15) is 5.58 Å². The Bertz CT molecular complexity index is 1310. The number of hydrogen-bond donors (Lipinski definition) is 0. The Hall–Kier alpha value is -2.90. The molecule has 7 heteroatoms. The number of aromatic nitrogens is 3. The van der Waals surface area contributed by atoms with Crippen LogP contribution in [-0.4, -0.2) is 32.8 Å². The summed E-state index contributed by atoms with van der Waals surface area (Å²) in [6.45, 7) is 7.02. The van der Waals surface area contributed by atoms with Gasteiger partial charge >= 0.3 is 5.63 Å². The lowest BCUT2D eigenvalue weighted by atomic mass is 10.0. The average Bonchev–Trinajstić information content (AvgIpc) is 3.46. The summed E-state index contributed by atoms with van der Waals surface area (Å²) >= 11 is 1.60. The van der Waals surface area contributed by atoms with Crippen LogP contribution in [-0.2, 0) is 12.3 Å². The van der Waals surface area contributed by atoms with Gasteiger partial charge in [-0.15, -0.1) is 10.2 Å². The van der Waals surface area contributed by atoms with E-state index in [9.17, 15) is 4.79 Å². The molecule has 3 heterocycles. The number of hydrogen-bond acceptors (Lipinski definition) is 6. The molecule has 0 unspecified atom stereocenters. The minimum absolute atomic E-state index is 0.318. The van der Waals surface area contributed by atoms with Crippen LogP contribution in [0.25, 0.3) is 16.7 Å². The molecular weight excluding hydrogens is 420 g/mol. The fourth-order valence-corrected chi connectivity index (χ4v) is 5.22. The van der Waals surface area contributed by atoms with E-state index in [1.807, 2.05) is 38.1 Å². The van der Waals surface area contributed by atoms with Gasteiger partial charge in [0, 0.05) is 22.9 Å². The molecule has 0 amide bonds. The zero-order chi connectivity index (χ0) is 22.1. The molecule has 0 spiro atoms.